The Morgan fingerprint density at radius 3 is 2.53 bits per heavy atom. The van der Waals surface area contributed by atoms with E-state index >= 15 is 0 Å². The van der Waals surface area contributed by atoms with Gasteiger partial charge in [-0.1, -0.05) is 51.5 Å². The molecule has 1 amide bonds. The van der Waals surface area contributed by atoms with Crippen LogP contribution in [0.5, 0.6) is 0 Å². The number of ether oxygens (including phenoxy) is 1. The zero-order valence-corrected chi connectivity index (χ0v) is 18.6. The second-order valence-electron chi connectivity index (χ2n) is 7.95. The van der Waals surface area contributed by atoms with E-state index in [1.165, 1.54) is 49.5 Å². The lowest BCUT2D eigenvalue weighted by Crippen LogP contribution is -2.39. The van der Waals surface area contributed by atoms with Gasteiger partial charge in [0.2, 0.25) is 5.91 Å². The van der Waals surface area contributed by atoms with E-state index in [9.17, 15) is 19.5 Å². The Bertz CT molecular complexity index is 568. The summed E-state index contributed by atoms with van der Waals surface area (Å²) in [7, 11) is 0. The highest BCUT2D eigenvalue weighted by molar-refractivity contribution is 5.94. The van der Waals surface area contributed by atoms with Crippen molar-refractivity contribution in [2.24, 2.45) is 17.8 Å². The van der Waals surface area contributed by atoms with Crippen LogP contribution in [-0.4, -0.2) is 47.5 Å². The molecular formula is C24H39NO5. The minimum atomic E-state index is -0.997. The summed E-state index contributed by atoms with van der Waals surface area (Å²) in [4.78, 5) is 32.5. The van der Waals surface area contributed by atoms with Crippen LogP contribution >= 0.6 is 0 Å². The molecule has 3 unspecified atom stereocenters. The SMILES string of the molecule is C1=CC2CCCCC2CC1.C=CCOC=O.CC.O=CC1C[C@]2(O)CCCN2C1=O. The maximum atomic E-state index is 11.4. The first-order chi connectivity index (χ1) is 14.6. The summed E-state index contributed by atoms with van der Waals surface area (Å²) in [5, 5.41) is 9.85. The van der Waals surface area contributed by atoms with E-state index in [4.69, 9.17) is 0 Å². The second kappa shape index (κ2) is 14.1. The number of aldehydes is 1. The van der Waals surface area contributed by atoms with E-state index in [0.717, 1.165) is 18.3 Å². The summed E-state index contributed by atoms with van der Waals surface area (Å²) in [6.07, 6.45) is 17.5. The zero-order chi connectivity index (χ0) is 22.4. The number of rotatable bonds is 4. The van der Waals surface area contributed by atoms with Gasteiger partial charge in [-0.3, -0.25) is 9.59 Å². The van der Waals surface area contributed by atoms with Crippen LogP contribution in [0.2, 0.25) is 0 Å². The monoisotopic (exact) mass is 421 g/mol. The molecule has 1 saturated carbocycles. The van der Waals surface area contributed by atoms with Gasteiger partial charge >= 0.3 is 0 Å². The van der Waals surface area contributed by atoms with Crippen LogP contribution in [0.15, 0.2) is 24.8 Å². The first-order valence-electron chi connectivity index (χ1n) is 11.4. The standard InChI is InChI=1S/C10H16.C8H11NO3.C4H6O2.C2H6/c1-2-6-10-8-4-3-7-9(10)5-1;10-5-6-4-8(12)2-1-3-9(8)7(6)11;1-2-3-6-4-5;1-2/h1,5,9-10H,2-4,6-8H2;5-6,12H,1-4H2;2,4H,1,3H2;1-2H3/t;6?,8-;;/m.1../s1. The van der Waals surface area contributed by atoms with Crippen LogP contribution in [0.4, 0.5) is 0 Å². The molecule has 30 heavy (non-hydrogen) atoms. The summed E-state index contributed by atoms with van der Waals surface area (Å²) in [5.41, 5.74) is -0.997. The van der Waals surface area contributed by atoms with E-state index in [-0.39, 0.29) is 12.3 Å². The smallest absolute Gasteiger partial charge is 0.293 e. The maximum absolute atomic E-state index is 11.4. The number of amides is 1. The number of carbonyl (C=O) groups excluding carboxylic acids is 3. The molecule has 0 radical (unpaired) electrons. The lowest BCUT2D eigenvalue weighted by Gasteiger charge is -2.31. The van der Waals surface area contributed by atoms with Crippen LogP contribution in [0.1, 0.15) is 71.6 Å². The third-order valence-electron chi connectivity index (χ3n) is 6.09. The topological polar surface area (TPSA) is 83.9 Å². The Morgan fingerprint density at radius 2 is 1.97 bits per heavy atom. The molecule has 2 aliphatic carbocycles. The lowest BCUT2D eigenvalue weighted by atomic mass is 9.74. The highest BCUT2D eigenvalue weighted by Crippen LogP contribution is 2.39. The summed E-state index contributed by atoms with van der Waals surface area (Å²) in [5.74, 6) is 1.24. The third-order valence-corrected chi connectivity index (χ3v) is 6.09. The third kappa shape index (κ3) is 7.38. The molecule has 4 aliphatic rings. The molecule has 3 fully saturated rings. The summed E-state index contributed by atoms with van der Waals surface area (Å²) >= 11 is 0. The van der Waals surface area contributed by atoms with E-state index in [2.05, 4.69) is 23.5 Å². The van der Waals surface area contributed by atoms with Crippen molar-refractivity contribution < 1.29 is 24.2 Å². The molecule has 6 nitrogen and oxygen atoms in total. The Labute approximate surface area is 181 Å². The molecular weight excluding hydrogens is 382 g/mol. The molecule has 1 N–H and O–H groups in total. The molecule has 4 rings (SSSR count). The predicted molar refractivity (Wildman–Crippen MR) is 117 cm³/mol. The van der Waals surface area contributed by atoms with Crippen LogP contribution in [0.3, 0.4) is 0 Å². The van der Waals surface area contributed by atoms with Gasteiger partial charge in [-0.05, 0) is 50.4 Å². The minimum absolute atomic E-state index is 0.204. The average molecular weight is 422 g/mol. The van der Waals surface area contributed by atoms with Gasteiger partial charge in [0.15, 0.2) is 0 Å². The molecule has 2 aliphatic heterocycles. The molecule has 170 valence electrons. The average Bonchev–Trinajstić information content (AvgIpc) is 3.29. The van der Waals surface area contributed by atoms with E-state index in [0.29, 0.717) is 32.3 Å². The fourth-order valence-electron chi connectivity index (χ4n) is 4.67. The quantitative estimate of drug-likeness (QED) is 0.321. The van der Waals surface area contributed by atoms with Gasteiger partial charge in [0, 0.05) is 13.0 Å². The molecule has 0 spiro atoms. The number of nitrogens with zero attached hydrogens (tertiary/aromatic N) is 1. The van der Waals surface area contributed by atoms with Crippen molar-refractivity contribution in [3.05, 3.63) is 24.8 Å². The van der Waals surface area contributed by atoms with Crippen LogP contribution in [0.25, 0.3) is 0 Å². The first-order valence-corrected chi connectivity index (χ1v) is 11.4. The normalized spacial score (nSPS) is 30.7. The summed E-state index contributed by atoms with van der Waals surface area (Å²) in [6.45, 7) is 8.61. The van der Waals surface area contributed by atoms with Crippen molar-refractivity contribution in [1.82, 2.24) is 4.90 Å². The number of allylic oxidation sites excluding steroid dienone is 2. The van der Waals surface area contributed by atoms with Crippen LogP contribution < -0.4 is 0 Å². The second-order valence-corrected chi connectivity index (χ2v) is 7.95. The molecule has 2 heterocycles. The highest BCUT2D eigenvalue weighted by Gasteiger charge is 2.52. The summed E-state index contributed by atoms with van der Waals surface area (Å²) < 4.78 is 4.18. The van der Waals surface area contributed by atoms with Gasteiger partial charge < -0.3 is 19.5 Å². The Morgan fingerprint density at radius 1 is 1.23 bits per heavy atom. The molecule has 0 aromatic carbocycles. The maximum Gasteiger partial charge on any atom is 0.293 e. The van der Waals surface area contributed by atoms with Gasteiger partial charge in [-0.15, -0.1) is 0 Å². The van der Waals surface area contributed by atoms with Crippen molar-refractivity contribution in [3.8, 4) is 0 Å². The van der Waals surface area contributed by atoms with Gasteiger partial charge in [0.25, 0.3) is 6.47 Å². The molecule has 4 atom stereocenters. The largest absolute Gasteiger partial charge is 0.464 e. The fourth-order valence-corrected chi connectivity index (χ4v) is 4.67. The summed E-state index contributed by atoms with van der Waals surface area (Å²) in [6, 6.07) is 0. The van der Waals surface area contributed by atoms with Crippen molar-refractivity contribution >= 4 is 18.7 Å². The van der Waals surface area contributed by atoms with E-state index in [1.807, 2.05) is 13.8 Å². The van der Waals surface area contributed by atoms with Gasteiger partial charge in [-0.25, -0.2) is 0 Å². The Hall–Kier alpha value is -1.95. The van der Waals surface area contributed by atoms with Gasteiger partial charge in [0.1, 0.15) is 18.6 Å². The molecule has 0 aromatic rings. The molecule has 0 aromatic heterocycles. The zero-order valence-electron chi connectivity index (χ0n) is 18.6. The van der Waals surface area contributed by atoms with E-state index in [1.54, 1.807) is 0 Å². The van der Waals surface area contributed by atoms with Crippen molar-refractivity contribution in [3.63, 3.8) is 0 Å². The number of carbonyl (C=O) groups is 3. The lowest BCUT2D eigenvalue weighted by molar-refractivity contribution is -0.140. The Kier molecular flexibility index (Phi) is 12.3. The molecule has 0 bridgehead atoms. The van der Waals surface area contributed by atoms with Crippen molar-refractivity contribution in [1.29, 1.82) is 0 Å². The first kappa shape index (κ1) is 26.1. The molecule has 6 heteroatoms. The van der Waals surface area contributed by atoms with E-state index < -0.39 is 11.6 Å². The van der Waals surface area contributed by atoms with Crippen LogP contribution in [-0.2, 0) is 19.1 Å². The van der Waals surface area contributed by atoms with Gasteiger partial charge in [-0.2, -0.15) is 0 Å². The highest BCUT2D eigenvalue weighted by atomic mass is 16.5. The predicted octanol–water partition coefficient (Wildman–Crippen LogP) is 4.03. The number of fused-ring (bicyclic) bond motifs is 2. The number of aliphatic hydroxyl groups is 1. The number of hydrogen-bond acceptors (Lipinski definition) is 5. The minimum Gasteiger partial charge on any atom is -0.464 e. The number of hydrogen-bond donors (Lipinski definition) is 1. The van der Waals surface area contributed by atoms with Crippen LogP contribution in [0, 0.1) is 17.8 Å². The Balaban J connectivity index is 0.000000227. The van der Waals surface area contributed by atoms with Gasteiger partial charge in [0.05, 0.1) is 5.92 Å². The molecule has 2 saturated heterocycles. The van der Waals surface area contributed by atoms with Crippen molar-refractivity contribution in [2.75, 3.05) is 13.2 Å². The fraction of sp³-hybridized carbons (Fsp3) is 0.708. The van der Waals surface area contributed by atoms with Crippen molar-refractivity contribution in [2.45, 2.75) is 77.4 Å².